The monoisotopic (exact) mass is 423 g/mol. The second-order valence-electron chi connectivity index (χ2n) is 7.21. The van der Waals surface area contributed by atoms with Crippen LogP contribution in [-0.4, -0.2) is 45.1 Å². The number of anilines is 1. The number of nitrogens with one attached hydrogen (secondary N) is 1. The van der Waals surface area contributed by atoms with E-state index in [1.54, 1.807) is 25.3 Å². The lowest BCUT2D eigenvalue weighted by molar-refractivity contribution is -0.160. The number of hydrogen-bond donors (Lipinski definition) is 1. The van der Waals surface area contributed by atoms with Crippen molar-refractivity contribution < 1.29 is 28.6 Å². The third-order valence-corrected chi connectivity index (χ3v) is 5.61. The molecule has 0 heterocycles. The van der Waals surface area contributed by atoms with Crippen molar-refractivity contribution in [2.45, 2.75) is 17.9 Å². The second-order valence-corrected chi connectivity index (χ2v) is 7.21. The van der Waals surface area contributed by atoms with E-state index in [4.69, 9.17) is 14.2 Å². The van der Waals surface area contributed by atoms with Gasteiger partial charge in [-0.15, -0.1) is 0 Å². The van der Waals surface area contributed by atoms with Gasteiger partial charge in [0.15, 0.2) is 11.7 Å². The normalized spacial score (nSPS) is 19.9. The minimum Gasteiger partial charge on any atom is -0.497 e. The molecule has 0 fully saturated rings. The van der Waals surface area contributed by atoms with Crippen LogP contribution >= 0.6 is 0 Å². The lowest BCUT2D eigenvalue weighted by Crippen LogP contribution is -2.49. The first-order chi connectivity index (χ1) is 15.0. The molecule has 2 atom stereocenters. The quantitative estimate of drug-likeness (QED) is 0.516. The van der Waals surface area contributed by atoms with Crippen LogP contribution in [0.2, 0.25) is 0 Å². The smallest absolute Gasteiger partial charge is 0.320 e. The molecule has 31 heavy (non-hydrogen) atoms. The van der Waals surface area contributed by atoms with Crippen LogP contribution < -0.4 is 10.1 Å². The summed E-state index contributed by atoms with van der Waals surface area (Å²) >= 11 is 0. The van der Waals surface area contributed by atoms with Crippen LogP contribution in [0.5, 0.6) is 5.75 Å². The van der Waals surface area contributed by atoms with Gasteiger partial charge in [0.05, 0.1) is 32.8 Å². The summed E-state index contributed by atoms with van der Waals surface area (Å²) < 4.78 is 14.9. The fourth-order valence-corrected chi connectivity index (χ4v) is 3.96. The first-order valence-corrected chi connectivity index (χ1v) is 9.80. The lowest BCUT2D eigenvalue weighted by Gasteiger charge is -2.37. The molecule has 0 saturated heterocycles. The molecule has 0 aliphatic heterocycles. The van der Waals surface area contributed by atoms with Crippen LogP contribution in [0.3, 0.4) is 0 Å². The number of esters is 2. The highest BCUT2D eigenvalue weighted by Crippen LogP contribution is 2.42. The molecule has 3 rings (SSSR count). The van der Waals surface area contributed by atoms with Gasteiger partial charge in [0, 0.05) is 5.69 Å². The van der Waals surface area contributed by atoms with E-state index in [-0.39, 0.29) is 12.2 Å². The molecule has 0 radical (unpaired) electrons. The number of carbonyl (C=O) groups excluding carboxylic acids is 3. The van der Waals surface area contributed by atoms with Crippen LogP contribution in [0.1, 0.15) is 12.0 Å². The van der Waals surface area contributed by atoms with Gasteiger partial charge in [-0.25, -0.2) is 0 Å². The first-order valence-electron chi connectivity index (χ1n) is 9.80. The average molecular weight is 423 g/mol. The van der Waals surface area contributed by atoms with Gasteiger partial charge in [0.1, 0.15) is 5.75 Å². The minimum atomic E-state index is -1.25. The summed E-state index contributed by atoms with van der Waals surface area (Å²) in [6.45, 7) is 0. The van der Waals surface area contributed by atoms with Crippen molar-refractivity contribution in [3.63, 3.8) is 0 Å². The Hall–Kier alpha value is -3.61. The molecule has 0 bridgehead atoms. The van der Waals surface area contributed by atoms with Crippen molar-refractivity contribution in [2.24, 2.45) is 5.92 Å². The van der Waals surface area contributed by atoms with Gasteiger partial charge < -0.3 is 19.5 Å². The molecule has 1 N–H and O–H groups in total. The SMILES string of the molecule is COC(=O)C(C[C@]1(c2ccccc2)C(=O)C=C[C@H]1Nc1ccc(OC)cc1)C(=O)OC. The van der Waals surface area contributed by atoms with Gasteiger partial charge in [-0.05, 0) is 42.3 Å². The summed E-state index contributed by atoms with van der Waals surface area (Å²) in [6.07, 6.45) is 3.14. The van der Waals surface area contributed by atoms with E-state index in [1.165, 1.54) is 20.3 Å². The van der Waals surface area contributed by atoms with Gasteiger partial charge in [0.2, 0.25) is 0 Å². The summed E-state index contributed by atoms with van der Waals surface area (Å²) in [6, 6.07) is 15.9. The summed E-state index contributed by atoms with van der Waals surface area (Å²) in [5, 5.41) is 3.36. The number of methoxy groups -OCH3 is 3. The molecular formula is C24H25NO6. The van der Waals surface area contributed by atoms with Crippen molar-refractivity contribution in [1.82, 2.24) is 0 Å². The van der Waals surface area contributed by atoms with Crippen molar-refractivity contribution in [3.05, 3.63) is 72.3 Å². The Labute approximate surface area is 181 Å². The third kappa shape index (κ3) is 4.30. The highest BCUT2D eigenvalue weighted by Gasteiger charge is 2.52. The maximum atomic E-state index is 13.3. The highest BCUT2D eigenvalue weighted by atomic mass is 16.5. The molecule has 7 heteroatoms. The van der Waals surface area contributed by atoms with Gasteiger partial charge >= 0.3 is 11.9 Å². The standard InChI is InChI=1S/C24H25NO6/c1-29-18-11-9-17(10-12-18)25-20-13-14-21(26)24(20,16-7-5-4-6-8-16)15-19(22(27)30-2)23(28)31-3/h4-14,19-20,25H,15H2,1-3H3/t20-,24-/m1/s1. The molecule has 0 spiro atoms. The van der Waals surface area contributed by atoms with E-state index in [9.17, 15) is 14.4 Å². The van der Waals surface area contributed by atoms with Crippen LogP contribution in [-0.2, 0) is 29.3 Å². The van der Waals surface area contributed by atoms with Crippen LogP contribution in [0.25, 0.3) is 0 Å². The molecule has 1 aliphatic carbocycles. The molecule has 2 aromatic rings. The topological polar surface area (TPSA) is 90.9 Å². The highest BCUT2D eigenvalue weighted by molar-refractivity contribution is 6.05. The Balaban J connectivity index is 2.05. The molecule has 1 aliphatic rings. The Morgan fingerprint density at radius 2 is 1.58 bits per heavy atom. The van der Waals surface area contributed by atoms with Crippen molar-refractivity contribution in [1.29, 1.82) is 0 Å². The fraction of sp³-hybridized carbons (Fsp3) is 0.292. The van der Waals surface area contributed by atoms with E-state index in [0.29, 0.717) is 11.3 Å². The van der Waals surface area contributed by atoms with Crippen LogP contribution in [0.4, 0.5) is 5.69 Å². The zero-order valence-corrected chi connectivity index (χ0v) is 17.7. The Morgan fingerprint density at radius 3 is 2.13 bits per heavy atom. The van der Waals surface area contributed by atoms with E-state index in [2.05, 4.69) is 5.32 Å². The largest absolute Gasteiger partial charge is 0.497 e. The van der Waals surface area contributed by atoms with E-state index in [1.807, 2.05) is 42.5 Å². The third-order valence-electron chi connectivity index (χ3n) is 5.61. The molecule has 162 valence electrons. The summed E-state index contributed by atoms with van der Waals surface area (Å²) in [5.41, 5.74) is 0.251. The van der Waals surface area contributed by atoms with Crippen molar-refractivity contribution in [3.8, 4) is 5.75 Å². The number of carbonyl (C=O) groups is 3. The predicted molar refractivity (Wildman–Crippen MR) is 115 cm³/mol. The van der Waals surface area contributed by atoms with Gasteiger partial charge in [-0.1, -0.05) is 36.4 Å². The number of rotatable bonds is 8. The second kappa shape index (κ2) is 9.47. The number of allylic oxidation sites excluding steroid dienone is 1. The molecule has 7 nitrogen and oxygen atoms in total. The van der Waals surface area contributed by atoms with E-state index < -0.39 is 29.3 Å². The van der Waals surface area contributed by atoms with Gasteiger partial charge in [-0.2, -0.15) is 0 Å². The predicted octanol–water partition coefficient (Wildman–Crippen LogP) is 2.90. The molecular weight excluding hydrogens is 398 g/mol. The average Bonchev–Trinajstić information content (AvgIpc) is 3.13. The Morgan fingerprint density at radius 1 is 0.968 bits per heavy atom. The lowest BCUT2D eigenvalue weighted by atomic mass is 9.68. The Kier molecular flexibility index (Phi) is 6.74. The fourth-order valence-electron chi connectivity index (χ4n) is 3.96. The number of ketones is 1. The Bertz CT molecular complexity index is 953. The number of benzene rings is 2. The van der Waals surface area contributed by atoms with Crippen molar-refractivity contribution >= 4 is 23.4 Å². The zero-order chi connectivity index (χ0) is 22.4. The van der Waals surface area contributed by atoms with Gasteiger partial charge in [0.25, 0.3) is 0 Å². The number of hydrogen-bond acceptors (Lipinski definition) is 7. The first kappa shape index (κ1) is 22.1. The van der Waals surface area contributed by atoms with E-state index in [0.717, 1.165) is 5.69 Å². The van der Waals surface area contributed by atoms with Crippen LogP contribution in [0, 0.1) is 5.92 Å². The maximum Gasteiger partial charge on any atom is 0.320 e. The number of ether oxygens (including phenoxy) is 3. The summed E-state index contributed by atoms with van der Waals surface area (Å²) in [4.78, 5) is 38.2. The van der Waals surface area contributed by atoms with E-state index >= 15 is 0 Å². The zero-order valence-electron chi connectivity index (χ0n) is 17.7. The van der Waals surface area contributed by atoms with Crippen molar-refractivity contribution in [2.75, 3.05) is 26.6 Å². The summed E-state index contributed by atoms with van der Waals surface area (Å²) in [5.74, 6) is -2.24. The minimum absolute atomic E-state index is 0.101. The molecule has 0 unspecified atom stereocenters. The summed E-state index contributed by atoms with van der Waals surface area (Å²) in [7, 11) is 3.99. The molecule has 0 amide bonds. The molecule has 2 aromatic carbocycles. The maximum absolute atomic E-state index is 13.3. The van der Waals surface area contributed by atoms with Gasteiger partial charge in [-0.3, -0.25) is 14.4 Å². The van der Waals surface area contributed by atoms with Crippen LogP contribution in [0.15, 0.2) is 66.7 Å². The molecule has 0 saturated carbocycles. The molecule has 0 aromatic heterocycles.